The molecule has 1 aromatic carbocycles. The Bertz CT molecular complexity index is 570. The molecule has 0 radical (unpaired) electrons. The van der Waals surface area contributed by atoms with Gasteiger partial charge in [-0.3, -0.25) is 0 Å². The van der Waals surface area contributed by atoms with E-state index in [9.17, 15) is 0 Å². The van der Waals surface area contributed by atoms with Gasteiger partial charge in [-0.25, -0.2) is 4.98 Å². The minimum absolute atomic E-state index is 0.655. The van der Waals surface area contributed by atoms with Crippen molar-refractivity contribution in [1.29, 1.82) is 5.26 Å². The van der Waals surface area contributed by atoms with Crippen LogP contribution in [-0.2, 0) is 0 Å². The zero-order chi connectivity index (χ0) is 12.3. The molecule has 0 saturated carbocycles. The highest BCUT2D eigenvalue weighted by atomic mass is 15.2. The van der Waals surface area contributed by atoms with Gasteiger partial charge in [-0.15, -0.1) is 0 Å². The largest absolute Gasteiger partial charge is 0.329 e. The lowest BCUT2D eigenvalue weighted by Crippen LogP contribution is -2.12. The Morgan fingerprint density at radius 2 is 2.06 bits per heavy atom. The summed E-state index contributed by atoms with van der Waals surface area (Å²) < 4.78 is 0. The molecule has 3 nitrogen and oxygen atoms in total. The highest BCUT2D eigenvalue weighted by Gasteiger charge is 2.07. The summed E-state index contributed by atoms with van der Waals surface area (Å²) in [6.07, 6.45) is 1.77. The fourth-order valence-electron chi connectivity index (χ4n) is 1.73. The van der Waals surface area contributed by atoms with Gasteiger partial charge in [0.25, 0.3) is 0 Å². The normalized spacial score (nSPS) is 9.71. The predicted molar refractivity (Wildman–Crippen MR) is 68.2 cm³/mol. The first-order valence-electron chi connectivity index (χ1n) is 5.38. The number of anilines is 2. The van der Waals surface area contributed by atoms with Crippen LogP contribution in [0.15, 0.2) is 42.6 Å². The van der Waals surface area contributed by atoms with Gasteiger partial charge in [-0.2, -0.15) is 5.26 Å². The second-order valence-corrected chi connectivity index (χ2v) is 3.87. The van der Waals surface area contributed by atoms with Crippen molar-refractivity contribution in [3.05, 3.63) is 53.7 Å². The number of hydrogen-bond donors (Lipinski definition) is 0. The van der Waals surface area contributed by atoms with Gasteiger partial charge in [0, 0.05) is 18.9 Å². The summed E-state index contributed by atoms with van der Waals surface area (Å²) in [5.74, 6) is 0.905. The molecule has 0 amide bonds. The zero-order valence-electron chi connectivity index (χ0n) is 9.88. The number of aryl methyl sites for hydroxylation is 1. The van der Waals surface area contributed by atoms with Crippen LogP contribution in [0.25, 0.3) is 0 Å². The molecule has 0 atom stereocenters. The summed E-state index contributed by atoms with van der Waals surface area (Å²) in [5, 5.41) is 8.88. The molecule has 17 heavy (non-hydrogen) atoms. The van der Waals surface area contributed by atoms with E-state index in [0.717, 1.165) is 17.1 Å². The summed E-state index contributed by atoms with van der Waals surface area (Å²) >= 11 is 0. The van der Waals surface area contributed by atoms with Gasteiger partial charge in [0.2, 0.25) is 0 Å². The molecule has 0 bridgehead atoms. The molecule has 0 aliphatic rings. The van der Waals surface area contributed by atoms with Gasteiger partial charge in [0.05, 0.1) is 11.6 Å². The molecule has 0 spiro atoms. The predicted octanol–water partition coefficient (Wildman–Crippen LogP) is 3.03. The average molecular weight is 223 g/mol. The lowest BCUT2D eigenvalue weighted by atomic mass is 10.2. The summed E-state index contributed by atoms with van der Waals surface area (Å²) in [7, 11) is 1.95. The standard InChI is InChI=1S/C14H13N3/c1-11-5-4-8-16-14(11)17(2)13-7-3-6-12(9-13)10-15/h3-9H,1-2H3. The molecule has 0 unspecified atom stereocenters. The number of nitriles is 1. The van der Waals surface area contributed by atoms with E-state index >= 15 is 0 Å². The third-order valence-electron chi connectivity index (χ3n) is 2.66. The summed E-state index contributed by atoms with van der Waals surface area (Å²) in [4.78, 5) is 6.34. The second-order valence-electron chi connectivity index (χ2n) is 3.87. The van der Waals surface area contributed by atoms with Crippen molar-refractivity contribution in [1.82, 2.24) is 4.98 Å². The molecule has 1 aromatic heterocycles. The Balaban J connectivity index is 2.41. The lowest BCUT2D eigenvalue weighted by Gasteiger charge is -2.20. The molecule has 0 aliphatic carbocycles. The minimum Gasteiger partial charge on any atom is -0.329 e. The van der Waals surface area contributed by atoms with Gasteiger partial charge in [-0.05, 0) is 36.8 Å². The Kier molecular flexibility index (Phi) is 3.06. The topological polar surface area (TPSA) is 39.9 Å². The molecule has 0 fully saturated rings. The molecule has 0 aliphatic heterocycles. The zero-order valence-corrected chi connectivity index (χ0v) is 9.88. The van der Waals surface area contributed by atoms with Crippen LogP contribution in [0.5, 0.6) is 0 Å². The van der Waals surface area contributed by atoms with E-state index in [0.29, 0.717) is 5.56 Å². The third-order valence-corrected chi connectivity index (χ3v) is 2.66. The summed E-state index contributed by atoms with van der Waals surface area (Å²) in [5.41, 5.74) is 2.73. The SMILES string of the molecule is Cc1cccnc1N(C)c1cccc(C#N)c1. The van der Waals surface area contributed by atoms with E-state index in [1.807, 2.05) is 49.2 Å². The van der Waals surface area contributed by atoms with Crippen LogP contribution in [0.3, 0.4) is 0 Å². The van der Waals surface area contributed by atoms with Crippen LogP contribution >= 0.6 is 0 Å². The van der Waals surface area contributed by atoms with Gasteiger partial charge in [0.15, 0.2) is 0 Å². The molecular weight excluding hydrogens is 210 g/mol. The van der Waals surface area contributed by atoms with Crippen LogP contribution in [0, 0.1) is 18.3 Å². The first-order chi connectivity index (χ1) is 8.22. The Labute approximate surface area is 101 Å². The smallest absolute Gasteiger partial charge is 0.135 e. The van der Waals surface area contributed by atoms with Crippen LogP contribution in [-0.4, -0.2) is 12.0 Å². The van der Waals surface area contributed by atoms with Crippen molar-refractivity contribution in [2.24, 2.45) is 0 Å². The van der Waals surface area contributed by atoms with Gasteiger partial charge in [-0.1, -0.05) is 12.1 Å². The maximum absolute atomic E-state index is 8.88. The van der Waals surface area contributed by atoms with Crippen molar-refractivity contribution in [3.63, 3.8) is 0 Å². The van der Waals surface area contributed by atoms with E-state index in [2.05, 4.69) is 11.1 Å². The molecule has 2 rings (SSSR count). The molecule has 0 saturated heterocycles. The van der Waals surface area contributed by atoms with Crippen LogP contribution in [0.2, 0.25) is 0 Å². The summed E-state index contributed by atoms with van der Waals surface area (Å²) in [6.45, 7) is 2.02. The van der Waals surface area contributed by atoms with Crippen molar-refractivity contribution in [2.45, 2.75) is 6.92 Å². The van der Waals surface area contributed by atoms with Crippen LogP contribution in [0.4, 0.5) is 11.5 Å². The molecule has 84 valence electrons. The van der Waals surface area contributed by atoms with E-state index in [-0.39, 0.29) is 0 Å². The fourth-order valence-corrected chi connectivity index (χ4v) is 1.73. The van der Waals surface area contributed by atoms with Gasteiger partial charge < -0.3 is 4.90 Å². The average Bonchev–Trinajstić information content (AvgIpc) is 2.38. The Hall–Kier alpha value is -2.34. The Morgan fingerprint density at radius 1 is 1.24 bits per heavy atom. The van der Waals surface area contributed by atoms with Crippen molar-refractivity contribution < 1.29 is 0 Å². The van der Waals surface area contributed by atoms with E-state index in [1.165, 1.54) is 0 Å². The number of aromatic nitrogens is 1. The second kappa shape index (κ2) is 4.67. The maximum atomic E-state index is 8.88. The fraction of sp³-hybridized carbons (Fsp3) is 0.143. The summed E-state index contributed by atoms with van der Waals surface area (Å²) in [6, 6.07) is 13.6. The number of pyridine rings is 1. The van der Waals surface area contributed by atoms with Gasteiger partial charge in [0.1, 0.15) is 5.82 Å². The van der Waals surface area contributed by atoms with Crippen molar-refractivity contribution in [2.75, 3.05) is 11.9 Å². The molecule has 2 aromatic rings. The first-order valence-corrected chi connectivity index (χ1v) is 5.38. The van der Waals surface area contributed by atoms with Crippen LogP contribution < -0.4 is 4.90 Å². The number of benzene rings is 1. The van der Waals surface area contributed by atoms with Gasteiger partial charge >= 0.3 is 0 Å². The minimum atomic E-state index is 0.655. The van der Waals surface area contributed by atoms with E-state index < -0.39 is 0 Å². The van der Waals surface area contributed by atoms with Crippen molar-refractivity contribution >= 4 is 11.5 Å². The monoisotopic (exact) mass is 223 g/mol. The highest BCUT2D eigenvalue weighted by molar-refractivity contribution is 5.63. The number of rotatable bonds is 2. The highest BCUT2D eigenvalue weighted by Crippen LogP contribution is 2.24. The molecular formula is C14H13N3. The maximum Gasteiger partial charge on any atom is 0.135 e. The lowest BCUT2D eigenvalue weighted by molar-refractivity contribution is 1.10. The molecule has 3 heteroatoms. The van der Waals surface area contributed by atoms with E-state index in [4.69, 9.17) is 5.26 Å². The molecule has 0 N–H and O–H groups in total. The Morgan fingerprint density at radius 3 is 2.76 bits per heavy atom. The molecule has 1 heterocycles. The van der Waals surface area contributed by atoms with Crippen LogP contribution in [0.1, 0.15) is 11.1 Å². The third kappa shape index (κ3) is 2.26. The number of hydrogen-bond acceptors (Lipinski definition) is 3. The quantitative estimate of drug-likeness (QED) is 0.785. The first kappa shape index (κ1) is 11.2. The number of nitrogens with zero attached hydrogens (tertiary/aromatic N) is 3. The van der Waals surface area contributed by atoms with Crippen molar-refractivity contribution in [3.8, 4) is 6.07 Å². The van der Waals surface area contributed by atoms with E-state index in [1.54, 1.807) is 12.3 Å².